The Morgan fingerprint density at radius 3 is 2.66 bits per heavy atom. The predicted octanol–water partition coefficient (Wildman–Crippen LogP) is 3.30. The Labute approximate surface area is 172 Å². The number of carbonyl (C=O) groups is 3. The molecular weight excluding hydrogens is 372 g/mol. The minimum Gasteiger partial charge on any atom is -0.491 e. The quantitative estimate of drug-likeness (QED) is 0.317. The van der Waals surface area contributed by atoms with Gasteiger partial charge in [-0.15, -0.1) is 0 Å². The molecule has 2 unspecified atom stereocenters. The van der Waals surface area contributed by atoms with Crippen LogP contribution in [0.5, 0.6) is 5.75 Å². The van der Waals surface area contributed by atoms with Crippen LogP contribution in [0.15, 0.2) is 24.3 Å². The zero-order chi connectivity index (χ0) is 21.4. The maximum absolute atomic E-state index is 12.7. The summed E-state index contributed by atoms with van der Waals surface area (Å²) in [5, 5.41) is 13.0. The molecule has 0 bridgehead atoms. The van der Waals surface area contributed by atoms with Crippen molar-refractivity contribution in [1.82, 2.24) is 10.2 Å². The van der Waals surface area contributed by atoms with Crippen molar-refractivity contribution >= 4 is 17.7 Å². The molecule has 7 nitrogen and oxygen atoms in total. The number of urea groups is 1. The number of benzene rings is 1. The third kappa shape index (κ3) is 6.29. The van der Waals surface area contributed by atoms with Gasteiger partial charge in [0.05, 0.1) is 6.54 Å². The SMILES string of the molecule is CCCCCCCC1(C)NC(=O)N(CC(O)COc2cccc(C(C)=O)c2)C1=O. The lowest BCUT2D eigenvalue weighted by atomic mass is 9.94. The van der Waals surface area contributed by atoms with E-state index in [0.29, 0.717) is 17.7 Å². The molecule has 1 aliphatic heterocycles. The van der Waals surface area contributed by atoms with Gasteiger partial charge in [0.15, 0.2) is 5.78 Å². The number of amides is 3. The molecule has 1 aliphatic rings. The number of ether oxygens (including phenoxy) is 1. The second-order valence-corrected chi connectivity index (χ2v) is 7.89. The summed E-state index contributed by atoms with van der Waals surface area (Å²) < 4.78 is 5.52. The lowest BCUT2D eigenvalue weighted by Gasteiger charge is -2.22. The fourth-order valence-electron chi connectivity index (χ4n) is 3.43. The van der Waals surface area contributed by atoms with E-state index < -0.39 is 17.7 Å². The Hall–Kier alpha value is -2.41. The van der Waals surface area contributed by atoms with Gasteiger partial charge in [0.1, 0.15) is 24.0 Å². The number of β-amino-alcohol motifs (C(OH)–C–C–N with tert-alkyl or cyclic N) is 1. The predicted molar refractivity (Wildman–Crippen MR) is 110 cm³/mol. The molecule has 1 saturated heterocycles. The van der Waals surface area contributed by atoms with Crippen LogP contribution >= 0.6 is 0 Å². The van der Waals surface area contributed by atoms with E-state index in [4.69, 9.17) is 4.74 Å². The molecule has 7 heteroatoms. The molecule has 0 radical (unpaired) electrons. The van der Waals surface area contributed by atoms with Crippen LogP contribution in [0, 0.1) is 0 Å². The Morgan fingerprint density at radius 1 is 1.24 bits per heavy atom. The van der Waals surface area contributed by atoms with Gasteiger partial charge in [0.2, 0.25) is 0 Å². The van der Waals surface area contributed by atoms with Crippen molar-refractivity contribution in [3.63, 3.8) is 0 Å². The highest BCUT2D eigenvalue weighted by Crippen LogP contribution is 2.24. The summed E-state index contributed by atoms with van der Waals surface area (Å²) in [7, 11) is 0. The monoisotopic (exact) mass is 404 g/mol. The van der Waals surface area contributed by atoms with E-state index >= 15 is 0 Å². The largest absolute Gasteiger partial charge is 0.491 e. The highest BCUT2D eigenvalue weighted by Gasteiger charge is 2.47. The van der Waals surface area contributed by atoms with Crippen molar-refractivity contribution in [3.05, 3.63) is 29.8 Å². The number of rotatable bonds is 12. The summed E-state index contributed by atoms with van der Waals surface area (Å²) >= 11 is 0. The van der Waals surface area contributed by atoms with E-state index in [-0.39, 0.29) is 24.8 Å². The fourth-order valence-corrected chi connectivity index (χ4v) is 3.43. The number of Topliss-reactive ketones (excluding diaryl/α,β-unsaturated/α-hetero) is 1. The average Bonchev–Trinajstić information content (AvgIpc) is 2.89. The van der Waals surface area contributed by atoms with Crippen LogP contribution in [0.2, 0.25) is 0 Å². The van der Waals surface area contributed by atoms with Crippen molar-refractivity contribution in [3.8, 4) is 5.75 Å². The highest BCUT2D eigenvalue weighted by atomic mass is 16.5. The number of aliphatic hydroxyl groups excluding tert-OH is 1. The maximum atomic E-state index is 12.7. The number of aliphatic hydroxyl groups is 1. The normalized spacial score (nSPS) is 19.9. The van der Waals surface area contributed by atoms with Gasteiger partial charge in [-0.3, -0.25) is 14.5 Å². The van der Waals surface area contributed by atoms with E-state index in [9.17, 15) is 19.5 Å². The Balaban J connectivity index is 1.85. The van der Waals surface area contributed by atoms with Crippen LogP contribution in [0.1, 0.15) is 69.7 Å². The first-order chi connectivity index (χ1) is 13.8. The zero-order valence-corrected chi connectivity index (χ0v) is 17.6. The van der Waals surface area contributed by atoms with Crippen molar-refractivity contribution < 1.29 is 24.2 Å². The number of ketones is 1. The number of nitrogens with one attached hydrogen (secondary N) is 1. The van der Waals surface area contributed by atoms with Crippen molar-refractivity contribution in [2.24, 2.45) is 0 Å². The van der Waals surface area contributed by atoms with Crippen LogP contribution in [0.3, 0.4) is 0 Å². The van der Waals surface area contributed by atoms with Gasteiger partial charge >= 0.3 is 6.03 Å². The first-order valence-electron chi connectivity index (χ1n) is 10.3. The average molecular weight is 405 g/mol. The van der Waals surface area contributed by atoms with Gasteiger partial charge in [0.25, 0.3) is 5.91 Å². The molecule has 2 N–H and O–H groups in total. The smallest absolute Gasteiger partial charge is 0.325 e. The van der Waals surface area contributed by atoms with E-state index in [1.165, 1.54) is 13.3 Å². The number of nitrogens with zero attached hydrogens (tertiary/aromatic N) is 1. The number of hydrogen-bond acceptors (Lipinski definition) is 5. The minimum atomic E-state index is -1.03. The second-order valence-electron chi connectivity index (χ2n) is 7.89. The highest BCUT2D eigenvalue weighted by molar-refractivity contribution is 6.06. The number of unbranched alkanes of at least 4 members (excludes halogenated alkanes) is 4. The van der Waals surface area contributed by atoms with E-state index in [1.807, 2.05) is 0 Å². The molecule has 0 saturated carbocycles. The molecule has 29 heavy (non-hydrogen) atoms. The minimum absolute atomic E-state index is 0.0793. The van der Waals surface area contributed by atoms with Gasteiger partial charge in [-0.25, -0.2) is 4.79 Å². The van der Waals surface area contributed by atoms with E-state index in [1.54, 1.807) is 31.2 Å². The molecule has 2 atom stereocenters. The lowest BCUT2D eigenvalue weighted by molar-refractivity contribution is -0.132. The molecule has 160 valence electrons. The molecule has 1 aromatic rings. The maximum Gasteiger partial charge on any atom is 0.325 e. The summed E-state index contributed by atoms with van der Waals surface area (Å²) in [6, 6.07) is 6.17. The standard InChI is InChI=1S/C22H32N2O5/c1-4-5-6-7-8-12-22(3)20(27)24(21(28)23-22)14-18(26)15-29-19-11-9-10-17(13-19)16(2)25/h9-11,13,18,26H,4-8,12,14-15H2,1-3H3,(H,23,28). The van der Waals surface area contributed by atoms with Crippen molar-refractivity contribution in [2.75, 3.05) is 13.2 Å². The van der Waals surface area contributed by atoms with E-state index in [0.717, 1.165) is 30.6 Å². The molecule has 1 heterocycles. The Bertz CT molecular complexity index is 736. The Morgan fingerprint density at radius 2 is 1.97 bits per heavy atom. The van der Waals surface area contributed by atoms with Gasteiger partial charge in [-0.05, 0) is 32.4 Å². The van der Waals surface area contributed by atoms with Gasteiger partial charge < -0.3 is 15.2 Å². The molecule has 2 rings (SSSR count). The topological polar surface area (TPSA) is 95.9 Å². The number of imide groups is 1. The summed E-state index contributed by atoms with van der Waals surface area (Å²) in [6.45, 7) is 5.12. The van der Waals surface area contributed by atoms with Crippen molar-refractivity contribution in [1.29, 1.82) is 0 Å². The molecular formula is C22H32N2O5. The lowest BCUT2D eigenvalue weighted by Crippen LogP contribution is -2.45. The third-order valence-electron chi connectivity index (χ3n) is 5.20. The Kier molecular flexibility index (Phi) is 8.20. The molecule has 1 fully saturated rings. The summed E-state index contributed by atoms with van der Waals surface area (Å²) in [4.78, 5) is 37.5. The first-order valence-corrected chi connectivity index (χ1v) is 10.3. The van der Waals surface area contributed by atoms with Crippen LogP contribution in [-0.4, -0.2) is 52.5 Å². The van der Waals surface area contributed by atoms with Crippen LogP contribution < -0.4 is 10.1 Å². The van der Waals surface area contributed by atoms with Crippen LogP contribution in [-0.2, 0) is 4.79 Å². The molecule has 0 aromatic heterocycles. The van der Waals surface area contributed by atoms with E-state index in [2.05, 4.69) is 12.2 Å². The molecule has 1 aromatic carbocycles. The number of carbonyl (C=O) groups excluding carboxylic acids is 3. The summed E-state index contributed by atoms with van der Waals surface area (Å²) in [6.07, 6.45) is 4.90. The molecule has 0 spiro atoms. The molecule has 3 amide bonds. The zero-order valence-electron chi connectivity index (χ0n) is 17.6. The van der Waals surface area contributed by atoms with Gasteiger partial charge in [0, 0.05) is 5.56 Å². The van der Waals surface area contributed by atoms with Crippen LogP contribution in [0.4, 0.5) is 4.79 Å². The van der Waals surface area contributed by atoms with Gasteiger partial charge in [-0.1, -0.05) is 51.2 Å². The van der Waals surface area contributed by atoms with Crippen LogP contribution in [0.25, 0.3) is 0 Å². The summed E-state index contributed by atoms with van der Waals surface area (Å²) in [5.74, 6) is 0.0609. The molecule has 0 aliphatic carbocycles. The van der Waals surface area contributed by atoms with Crippen molar-refractivity contribution in [2.45, 2.75) is 70.9 Å². The third-order valence-corrected chi connectivity index (χ3v) is 5.20. The second kappa shape index (κ2) is 10.4. The fraction of sp³-hybridized carbons (Fsp3) is 0.591. The first kappa shape index (κ1) is 22.9. The number of hydrogen-bond donors (Lipinski definition) is 2. The summed E-state index contributed by atoms with van der Waals surface area (Å²) in [5.41, 5.74) is -0.402. The van der Waals surface area contributed by atoms with Gasteiger partial charge in [-0.2, -0.15) is 0 Å².